The van der Waals surface area contributed by atoms with Gasteiger partial charge in [0.05, 0.1) is 0 Å². The fourth-order valence-corrected chi connectivity index (χ4v) is 3.32. The fraction of sp³-hybridized carbons (Fsp3) is 0.318. The molecule has 7 heteroatoms. The standard InChI is InChI=1S/C22H24N4O3/c1-2-20-23-22(29-24-20)17-7-6-10-19(15-17)28-16-21(27)26-13-11-25(12-14-26)18-8-4-3-5-9-18/h3-10,15H,2,11-14,16H2,1H3. The van der Waals surface area contributed by atoms with Gasteiger partial charge in [-0.2, -0.15) is 4.98 Å². The van der Waals surface area contributed by atoms with E-state index >= 15 is 0 Å². The third kappa shape index (κ3) is 4.56. The van der Waals surface area contributed by atoms with Gasteiger partial charge in [-0.25, -0.2) is 0 Å². The third-order valence-corrected chi connectivity index (χ3v) is 4.98. The van der Waals surface area contributed by atoms with Crippen molar-refractivity contribution < 1.29 is 14.1 Å². The SMILES string of the molecule is CCc1noc(-c2cccc(OCC(=O)N3CCN(c4ccccc4)CC3)c2)n1. The minimum atomic E-state index is -0.00539. The van der Waals surface area contributed by atoms with Gasteiger partial charge in [0.1, 0.15) is 5.75 Å². The minimum absolute atomic E-state index is 0.00539. The van der Waals surface area contributed by atoms with Crippen LogP contribution in [0.5, 0.6) is 5.75 Å². The summed E-state index contributed by atoms with van der Waals surface area (Å²) >= 11 is 0. The maximum Gasteiger partial charge on any atom is 0.260 e. The van der Waals surface area contributed by atoms with Crippen molar-refractivity contribution in [3.05, 3.63) is 60.4 Å². The normalized spacial score (nSPS) is 14.1. The first-order valence-electron chi connectivity index (χ1n) is 9.86. The highest BCUT2D eigenvalue weighted by Gasteiger charge is 2.21. The van der Waals surface area contributed by atoms with Gasteiger partial charge < -0.3 is 19.1 Å². The Balaban J connectivity index is 1.30. The Morgan fingerprint density at radius 3 is 2.59 bits per heavy atom. The maximum atomic E-state index is 12.6. The molecule has 4 rings (SSSR count). The predicted molar refractivity (Wildman–Crippen MR) is 110 cm³/mol. The van der Waals surface area contributed by atoms with Crippen LogP contribution in [-0.2, 0) is 11.2 Å². The molecule has 0 bridgehead atoms. The van der Waals surface area contributed by atoms with E-state index in [0.717, 1.165) is 18.7 Å². The molecule has 1 saturated heterocycles. The quantitative estimate of drug-likeness (QED) is 0.642. The van der Waals surface area contributed by atoms with E-state index in [9.17, 15) is 4.79 Å². The van der Waals surface area contributed by atoms with Gasteiger partial charge in [0.25, 0.3) is 11.8 Å². The van der Waals surface area contributed by atoms with Gasteiger partial charge in [0.15, 0.2) is 12.4 Å². The molecule has 0 aliphatic carbocycles. The number of nitrogens with zero attached hydrogens (tertiary/aromatic N) is 4. The van der Waals surface area contributed by atoms with Gasteiger partial charge in [0.2, 0.25) is 0 Å². The zero-order chi connectivity index (χ0) is 20.1. The molecular weight excluding hydrogens is 368 g/mol. The number of carbonyl (C=O) groups is 1. The molecule has 29 heavy (non-hydrogen) atoms. The van der Waals surface area contributed by atoms with Crippen LogP contribution in [0.25, 0.3) is 11.5 Å². The van der Waals surface area contributed by atoms with E-state index < -0.39 is 0 Å². The van der Waals surface area contributed by atoms with Crippen molar-refractivity contribution in [3.8, 4) is 17.2 Å². The lowest BCUT2D eigenvalue weighted by Crippen LogP contribution is -2.50. The first-order chi connectivity index (χ1) is 14.2. The molecule has 1 aliphatic heterocycles. The van der Waals surface area contributed by atoms with E-state index in [-0.39, 0.29) is 12.5 Å². The molecular formula is C22H24N4O3. The Hall–Kier alpha value is -3.35. The summed E-state index contributed by atoms with van der Waals surface area (Å²) in [6, 6.07) is 17.6. The minimum Gasteiger partial charge on any atom is -0.484 e. The lowest BCUT2D eigenvalue weighted by Gasteiger charge is -2.36. The first kappa shape index (κ1) is 19.0. The van der Waals surface area contributed by atoms with Crippen LogP contribution in [0.4, 0.5) is 5.69 Å². The predicted octanol–water partition coefficient (Wildman–Crippen LogP) is 3.03. The summed E-state index contributed by atoms with van der Waals surface area (Å²) in [6.07, 6.45) is 0.714. The first-order valence-corrected chi connectivity index (χ1v) is 9.86. The van der Waals surface area contributed by atoms with Crippen LogP contribution in [0.15, 0.2) is 59.1 Å². The van der Waals surface area contributed by atoms with Gasteiger partial charge >= 0.3 is 0 Å². The van der Waals surface area contributed by atoms with Gasteiger partial charge in [-0.3, -0.25) is 4.79 Å². The molecule has 0 N–H and O–H groups in total. The molecule has 0 spiro atoms. The number of para-hydroxylation sites is 1. The largest absolute Gasteiger partial charge is 0.484 e. The van der Waals surface area contributed by atoms with E-state index in [1.165, 1.54) is 5.69 Å². The molecule has 7 nitrogen and oxygen atoms in total. The fourth-order valence-electron chi connectivity index (χ4n) is 3.32. The lowest BCUT2D eigenvalue weighted by molar-refractivity contribution is -0.133. The van der Waals surface area contributed by atoms with Crippen LogP contribution in [0.2, 0.25) is 0 Å². The second kappa shape index (κ2) is 8.77. The number of hydrogen-bond donors (Lipinski definition) is 0. The Labute approximate surface area is 169 Å². The van der Waals surface area contributed by atoms with E-state index in [1.54, 1.807) is 0 Å². The van der Waals surface area contributed by atoms with Crippen molar-refractivity contribution in [3.63, 3.8) is 0 Å². The summed E-state index contributed by atoms with van der Waals surface area (Å²) in [5.41, 5.74) is 1.97. The number of anilines is 1. The number of hydrogen-bond acceptors (Lipinski definition) is 6. The molecule has 150 valence electrons. The number of aryl methyl sites for hydroxylation is 1. The summed E-state index contributed by atoms with van der Waals surface area (Å²) in [7, 11) is 0. The van der Waals surface area contributed by atoms with Crippen LogP contribution in [0.3, 0.4) is 0 Å². The number of carbonyl (C=O) groups excluding carboxylic acids is 1. The van der Waals surface area contributed by atoms with Gasteiger partial charge in [0, 0.05) is 43.9 Å². The second-order valence-corrected chi connectivity index (χ2v) is 6.89. The Bertz CT molecular complexity index is 949. The monoisotopic (exact) mass is 392 g/mol. The molecule has 2 aromatic carbocycles. The number of amides is 1. The highest BCUT2D eigenvalue weighted by Crippen LogP contribution is 2.23. The molecule has 0 unspecified atom stereocenters. The topological polar surface area (TPSA) is 71.7 Å². The van der Waals surface area contributed by atoms with Crippen LogP contribution in [0.1, 0.15) is 12.7 Å². The zero-order valence-corrected chi connectivity index (χ0v) is 16.5. The number of ether oxygens (including phenoxy) is 1. The summed E-state index contributed by atoms with van der Waals surface area (Å²) in [6.45, 7) is 5.01. The Kier molecular flexibility index (Phi) is 5.74. The third-order valence-electron chi connectivity index (χ3n) is 4.98. The summed E-state index contributed by atoms with van der Waals surface area (Å²) < 4.78 is 11.0. The van der Waals surface area contributed by atoms with Crippen molar-refractivity contribution in [1.29, 1.82) is 0 Å². The van der Waals surface area contributed by atoms with Crippen molar-refractivity contribution in [2.45, 2.75) is 13.3 Å². The molecule has 1 amide bonds. The number of aromatic nitrogens is 2. The number of benzene rings is 2. The Morgan fingerprint density at radius 2 is 1.86 bits per heavy atom. The molecule has 0 radical (unpaired) electrons. The van der Waals surface area contributed by atoms with Gasteiger partial charge in [-0.05, 0) is 30.3 Å². The van der Waals surface area contributed by atoms with Crippen molar-refractivity contribution >= 4 is 11.6 Å². The van der Waals surface area contributed by atoms with Crippen molar-refractivity contribution in [1.82, 2.24) is 15.0 Å². The Morgan fingerprint density at radius 1 is 1.07 bits per heavy atom. The summed E-state index contributed by atoms with van der Waals surface area (Å²) in [5.74, 6) is 1.72. The molecule has 1 aromatic heterocycles. The average molecular weight is 392 g/mol. The molecule has 0 saturated carbocycles. The highest BCUT2D eigenvalue weighted by molar-refractivity contribution is 5.78. The summed E-state index contributed by atoms with van der Waals surface area (Å²) in [5, 5.41) is 3.91. The highest BCUT2D eigenvalue weighted by atomic mass is 16.5. The van der Waals surface area contributed by atoms with Crippen molar-refractivity contribution in [2.75, 3.05) is 37.7 Å². The van der Waals surface area contributed by atoms with Crippen LogP contribution in [-0.4, -0.2) is 53.7 Å². The van der Waals surface area contributed by atoms with Crippen LogP contribution >= 0.6 is 0 Å². The van der Waals surface area contributed by atoms with E-state index in [2.05, 4.69) is 27.2 Å². The van der Waals surface area contributed by atoms with Gasteiger partial charge in [-0.1, -0.05) is 36.3 Å². The zero-order valence-electron chi connectivity index (χ0n) is 16.5. The number of rotatable bonds is 6. The van der Waals surface area contributed by atoms with Crippen LogP contribution < -0.4 is 9.64 Å². The van der Waals surface area contributed by atoms with Crippen molar-refractivity contribution in [2.24, 2.45) is 0 Å². The molecule has 0 atom stereocenters. The molecule has 2 heterocycles. The van der Waals surface area contributed by atoms with Gasteiger partial charge in [-0.15, -0.1) is 0 Å². The lowest BCUT2D eigenvalue weighted by atomic mass is 10.2. The van der Waals surface area contributed by atoms with E-state index in [1.807, 2.05) is 54.3 Å². The van der Waals surface area contributed by atoms with E-state index in [4.69, 9.17) is 9.26 Å². The smallest absolute Gasteiger partial charge is 0.260 e. The van der Waals surface area contributed by atoms with E-state index in [0.29, 0.717) is 37.0 Å². The number of piperazine rings is 1. The van der Waals surface area contributed by atoms with Crippen LogP contribution in [0, 0.1) is 0 Å². The molecule has 1 fully saturated rings. The molecule has 3 aromatic rings. The molecule has 1 aliphatic rings. The maximum absolute atomic E-state index is 12.6. The summed E-state index contributed by atoms with van der Waals surface area (Å²) in [4.78, 5) is 21.0. The average Bonchev–Trinajstić information content (AvgIpc) is 3.28. The second-order valence-electron chi connectivity index (χ2n) is 6.89.